The summed E-state index contributed by atoms with van der Waals surface area (Å²) in [4.78, 5) is 7.15. The van der Waals surface area contributed by atoms with E-state index in [9.17, 15) is 0 Å². The van der Waals surface area contributed by atoms with Crippen molar-refractivity contribution in [3.63, 3.8) is 0 Å². The zero-order valence-electron chi connectivity index (χ0n) is 28.8. The first-order valence-electron chi connectivity index (χ1n) is 18.1. The fraction of sp³-hybridized carbons (Fsp3) is 0.0208. The van der Waals surface area contributed by atoms with Gasteiger partial charge in [0.05, 0.1) is 22.0 Å². The molecular formula is C48H29N2O2PS. The Morgan fingerprint density at radius 1 is 0.537 bits per heavy atom. The minimum Gasteiger partial charge on any atom is -0.456 e. The second-order valence-electron chi connectivity index (χ2n) is 14.2. The zero-order chi connectivity index (χ0) is 35.6. The Bertz CT molecular complexity index is 3200. The summed E-state index contributed by atoms with van der Waals surface area (Å²) in [6, 6.07) is 59.5. The topological polar surface area (TPSA) is 48.0 Å². The van der Waals surface area contributed by atoms with Gasteiger partial charge in [0.15, 0.2) is 7.14 Å². The van der Waals surface area contributed by atoms with Crippen LogP contribution in [-0.2, 0) is 9.98 Å². The molecule has 0 saturated carbocycles. The SMILES string of the molecule is O=P1(c2ccccc2)c2ccccc2C2(c3ccccc3Sc3cc(-n4c5ccccc5c5ncccc54)ccc32)c2cc3c(cc21)oc1ccccc13. The standard InChI is InChI=1S/C48H29N2O2PS/c51-53(31-13-2-1-3-14-31)43-22-10-6-17-35(43)48(38-28-34-32-15-5-9-21-41(32)52-42(34)29-44(38)53)36-18-7-11-23-45(36)54-46-27-30(24-25-37(46)48)50-39-19-8-4-16-33(39)47-40(50)20-12-26-49-47/h1-29H. The molecule has 1 spiro atoms. The summed E-state index contributed by atoms with van der Waals surface area (Å²) in [5, 5.41) is 5.71. The van der Waals surface area contributed by atoms with E-state index in [0.29, 0.717) is 0 Å². The van der Waals surface area contributed by atoms with Crippen molar-refractivity contribution in [1.29, 1.82) is 0 Å². The monoisotopic (exact) mass is 728 g/mol. The van der Waals surface area contributed by atoms with Crippen molar-refractivity contribution >= 4 is 78.7 Å². The van der Waals surface area contributed by atoms with Gasteiger partial charge in [-0.1, -0.05) is 127 Å². The lowest BCUT2D eigenvalue weighted by Gasteiger charge is -2.47. The Hall–Kier alpha value is -6.13. The van der Waals surface area contributed by atoms with Gasteiger partial charge in [-0.05, 0) is 76.9 Å². The number of nitrogens with zero attached hydrogens (tertiary/aromatic N) is 2. The lowest BCUT2D eigenvalue weighted by atomic mass is 9.64. The van der Waals surface area contributed by atoms with Crippen LogP contribution >= 0.6 is 18.9 Å². The first-order chi connectivity index (χ1) is 26.7. The van der Waals surface area contributed by atoms with Gasteiger partial charge in [-0.15, -0.1) is 0 Å². The summed E-state index contributed by atoms with van der Waals surface area (Å²) in [6.07, 6.45) is 1.87. The fourth-order valence-corrected chi connectivity index (χ4v) is 13.8. The highest BCUT2D eigenvalue weighted by molar-refractivity contribution is 7.99. The molecule has 54 heavy (non-hydrogen) atoms. The van der Waals surface area contributed by atoms with E-state index in [4.69, 9.17) is 9.40 Å². The maximum Gasteiger partial charge on any atom is 0.171 e. The summed E-state index contributed by atoms with van der Waals surface area (Å²) >= 11 is 1.81. The molecule has 0 amide bonds. The molecule has 2 unspecified atom stereocenters. The first kappa shape index (κ1) is 30.3. The van der Waals surface area contributed by atoms with E-state index in [1.165, 1.54) is 16.0 Å². The summed E-state index contributed by atoms with van der Waals surface area (Å²) in [6.45, 7) is 0. The van der Waals surface area contributed by atoms with E-state index in [2.05, 4.69) is 120 Å². The molecule has 0 fully saturated rings. The largest absolute Gasteiger partial charge is 0.456 e. The van der Waals surface area contributed by atoms with Crippen LogP contribution in [0.5, 0.6) is 0 Å². The maximum atomic E-state index is 16.4. The number of rotatable bonds is 2. The van der Waals surface area contributed by atoms with Gasteiger partial charge in [0.1, 0.15) is 11.2 Å². The van der Waals surface area contributed by atoms with Crippen molar-refractivity contribution in [3.05, 3.63) is 198 Å². The second-order valence-corrected chi connectivity index (χ2v) is 18.0. The fourth-order valence-electron chi connectivity index (χ4n) is 9.39. The van der Waals surface area contributed by atoms with Crippen molar-refractivity contribution < 1.29 is 8.98 Å². The van der Waals surface area contributed by atoms with Gasteiger partial charge in [0.2, 0.25) is 0 Å². The van der Waals surface area contributed by atoms with E-state index in [-0.39, 0.29) is 0 Å². The van der Waals surface area contributed by atoms with E-state index in [1.807, 2.05) is 72.6 Å². The smallest absolute Gasteiger partial charge is 0.171 e. The summed E-state index contributed by atoms with van der Waals surface area (Å²) < 4.78 is 25.3. The molecule has 2 atom stereocenters. The Morgan fingerprint density at radius 2 is 1.26 bits per heavy atom. The predicted molar refractivity (Wildman–Crippen MR) is 221 cm³/mol. The number of aromatic nitrogens is 2. The van der Waals surface area contributed by atoms with Crippen molar-refractivity contribution in [2.24, 2.45) is 0 Å². The van der Waals surface area contributed by atoms with Crippen molar-refractivity contribution in [1.82, 2.24) is 9.55 Å². The highest BCUT2D eigenvalue weighted by Crippen LogP contribution is 2.62. The molecule has 10 aromatic rings. The van der Waals surface area contributed by atoms with Gasteiger partial charge in [0, 0.05) is 53.7 Å². The molecule has 0 saturated heterocycles. The van der Waals surface area contributed by atoms with Crippen LogP contribution in [0.2, 0.25) is 0 Å². The van der Waals surface area contributed by atoms with Gasteiger partial charge < -0.3 is 13.5 Å². The number of benzene rings is 7. The van der Waals surface area contributed by atoms with E-state index < -0.39 is 12.6 Å². The number of hydrogen-bond acceptors (Lipinski definition) is 4. The molecule has 5 heterocycles. The summed E-state index contributed by atoms with van der Waals surface area (Å²) in [5.41, 5.74) is 9.51. The highest BCUT2D eigenvalue weighted by atomic mass is 32.2. The van der Waals surface area contributed by atoms with E-state index >= 15 is 4.57 Å². The van der Waals surface area contributed by atoms with Gasteiger partial charge in [-0.2, -0.15) is 0 Å². The van der Waals surface area contributed by atoms with Gasteiger partial charge in [-0.3, -0.25) is 4.98 Å². The molecule has 0 bridgehead atoms. The highest BCUT2D eigenvalue weighted by Gasteiger charge is 2.54. The Labute approximate surface area is 315 Å². The van der Waals surface area contributed by atoms with Crippen LogP contribution in [0.25, 0.3) is 49.6 Å². The lowest BCUT2D eigenvalue weighted by Crippen LogP contribution is -2.48. The Kier molecular flexibility index (Phi) is 6.16. The Balaban J connectivity index is 1.24. The third-order valence-corrected chi connectivity index (χ3v) is 15.8. The van der Waals surface area contributed by atoms with Crippen LogP contribution in [0.15, 0.2) is 190 Å². The second kappa shape index (κ2) is 11.0. The molecule has 12 rings (SSSR count). The summed E-state index contributed by atoms with van der Waals surface area (Å²) in [5.74, 6) is 0. The summed E-state index contributed by atoms with van der Waals surface area (Å²) in [7, 11) is -3.39. The van der Waals surface area contributed by atoms with E-state index in [0.717, 1.165) is 81.5 Å². The number of hydrogen-bond donors (Lipinski definition) is 0. The number of pyridine rings is 1. The van der Waals surface area contributed by atoms with Crippen LogP contribution in [0.4, 0.5) is 0 Å². The molecular weight excluding hydrogens is 700 g/mol. The number of furan rings is 1. The van der Waals surface area contributed by atoms with Crippen LogP contribution in [-0.4, -0.2) is 9.55 Å². The molecule has 0 aliphatic carbocycles. The van der Waals surface area contributed by atoms with Gasteiger partial charge in [0.25, 0.3) is 0 Å². The molecule has 4 nitrogen and oxygen atoms in total. The first-order valence-corrected chi connectivity index (χ1v) is 20.7. The van der Waals surface area contributed by atoms with E-state index in [1.54, 1.807) is 0 Å². The molecule has 254 valence electrons. The van der Waals surface area contributed by atoms with Crippen molar-refractivity contribution in [2.45, 2.75) is 15.2 Å². The quantitative estimate of drug-likeness (QED) is 0.166. The minimum absolute atomic E-state index is 0.745. The normalized spacial score (nSPS) is 18.5. The Morgan fingerprint density at radius 3 is 2.17 bits per heavy atom. The lowest BCUT2D eigenvalue weighted by molar-refractivity contribution is 0.589. The third kappa shape index (κ3) is 3.80. The van der Waals surface area contributed by atoms with Crippen LogP contribution in [0.1, 0.15) is 22.3 Å². The van der Waals surface area contributed by atoms with Crippen LogP contribution in [0, 0.1) is 0 Å². The minimum atomic E-state index is -3.39. The third-order valence-electron chi connectivity index (χ3n) is 11.6. The van der Waals surface area contributed by atoms with Crippen molar-refractivity contribution in [3.8, 4) is 5.69 Å². The van der Waals surface area contributed by atoms with Crippen LogP contribution in [0.3, 0.4) is 0 Å². The number of fused-ring (bicyclic) bond motifs is 14. The average molecular weight is 729 g/mol. The molecule has 7 aromatic carbocycles. The molecule has 6 heteroatoms. The molecule has 2 aliphatic rings. The number of para-hydroxylation sites is 2. The predicted octanol–water partition coefficient (Wildman–Crippen LogP) is 10.9. The molecule has 3 aromatic heterocycles. The van der Waals surface area contributed by atoms with Crippen molar-refractivity contribution in [2.75, 3.05) is 0 Å². The molecule has 0 radical (unpaired) electrons. The maximum absolute atomic E-state index is 16.4. The van der Waals surface area contributed by atoms with Gasteiger partial charge >= 0.3 is 0 Å². The molecule has 2 aliphatic heterocycles. The zero-order valence-corrected chi connectivity index (χ0v) is 30.5. The average Bonchev–Trinajstić information content (AvgIpc) is 3.77. The van der Waals surface area contributed by atoms with Crippen LogP contribution < -0.4 is 15.9 Å². The molecule has 0 N–H and O–H groups in total. The van der Waals surface area contributed by atoms with Gasteiger partial charge in [-0.25, -0.2) is 0 Å².